The molecule has 0 spiro atoms. The smallest absolute Gasteiger partial charge is 0.384 e. The second-order valence-electron chi connectivity index (χ2n) is 15.1. The molecule has 4 heterocycles. The number of amides is 6. The Hall–Kier alpha value is -7.11. The minimum Gasteiger partial charge on any atom is -0.384 e. The van der Waals surface area contributed by atoms with Crippen LogP contribution < -0.4 is 32.1 Å². The van der Waals surface area contributed by atoms with Crippen LogP contribution in [0.2, 0.25) is 0 Å². The number of hydrogen-bond donors (Lipinski definition) is 9. The molecule has 3 atom stereocenters. The lowest BCUT2D eigenvalue weighted by Crippen LogP contribution is -2.33. The fourth-order valence-corrected chi connectivity index (χ4v) is 13.3. The molecule has 6 rings (SSSR count). The van der Waals surface area contributed by atoms with Gasteiger partial charge in [-0.3, -0.25) is 33.8 Å². The van der Waals surface area contributed by atoms with E-state index >= 15 is 0 Å². The van der Waals surface area contributed by atoms with Crippen molar-refractivity contribution < 1.29 is 91.3 Å². The monoisotopic (exact) mass is 1180 g/mol. The fourth-order valence-electron chi connectivity index (χ4n) is 5.67. The number of alkyl halides is 3. The number of carbonyl (C=O) groups is 6. The molecule has 22 nitrogen and oxygen atoms in total. The van der Waals surface area contributed by atoms with Gasteiger partial charge in [0.05, 0.1) is 47.5 Å². The summed E-state index contributed by atoms with van der Waals surface area (Å²) in [7, 11) is -13.1. The number of sulfonamides is 1. The van der Waals surface area contributed by atoms with Crippen molar-refractivity contribution in [2.24, 2.45) is 11.5 Å². The Balaban J connectivity index is 0.000000247. The molecule has 6 aromatic rings. The van der Waals surface area contributed by atoms with Crippen molar-refractivity contribution in [1.29, 1.82) is 0 Å². The molecular weight excluding hydrogens is 1140 g/mol. The van der Waals surface area contributed by atoms with Crippen molar-refractivity contribution in [3.63, 3.8) is 0 Å². The lowest BCUT2D eigenvalue weighted by molar-refractivity contribution is -0.140. The number of pyridine rings is 1. The Bertz CT molecular complexity index is 3540. The molecule has 2 unspecified atom stereocenters. The Morgan fingerprint density at radius 1 is 0.645 bits per heavy atom. The van der Waals surface area contributed by atoms with E-state index in [0.717, 1.165) is 71.4 Å². The predicted octanol–water partition coefficient (Wildman–Crippen LogP) is 4.18. The molecule has 76 heavy (non-hydrogen) atoms. The lowest BCUT2D eigenvalue weighted by Gasteiger charge is -2.14. The zero-order valence-corrected chi connectivity index (χ0v) is 43.9. The van der Waals surface area contributed by atoms with Crippen LogP contribution in [0, 0.1) is 18.6 Å². The number of aryl methyl sites for hydroxylation is 1. The summed E-state index contributed by atoms with van der Waals surface area (Å²) >= 11 is 2.29. The number of thiophene rings is 3. The summed E-state index contributed by atoms with van der Waals surface area (Å²) in [6, 6.07) is 10.1. The highest BCUT2D eigenvalue weighted by molar-refractivity contribution is 7.93. The number of nitrogens with zero attached hydrogens (tertiary/aromatic N) is 1. The summed E-state index contributed by atoms with van der Waals surface area (Å²) in [5.41, 5.74) is 8.12. The molecular formula is C43H40F5N7O15S6. The predicted molar refractivity (Wildman–Crippen MR) is 263 cm³/mol. The van der Waals surface area contributed by atoms with Gasteiger partial charge in [0.15, 0.2) is 0 Å². The summed E-state index contributed by atoms with van der Waals surface area (Å²) in [5.74, 6) is -7.66. The second-order valence-corrected chi connectivity index (χ2v) is 23.7. The molecule has 0 aliphatic rings. The van der Waals surface area contributed by atoms with Gasteiger partial charge in [-0.15, -0.1) is 34.0 Å². The molecule has 33 heteroatoms. The molecule has 0 bridgehead atoms. The lowest BCUT2D eigenvalue weighted by atomic mass is 10.2. The van der Waals surface area contributed by atoms with Crippen LogP contribution in [-0.4, -0.2) is 99.3 Å². The minimum absolute atomic E-state index is 0.00206. The number of benzene rings is 2. The van der Waals surface area contributed by atoms with Crippen molar-refractivity contribution in [3.8, 4) is 0 Å². The van der Waals surface area contributed by atoms with E-state index < -0.39 is 122 Å². The van der Waals surface area contributed by atoms with E-state index in [0.29, 0.717) is 29.2 Å². The fraction of sp³-hybridized carbons (Fsp3) is 0.186. The summed E-state index contributed by atoms with van der Waals surface area (Å²) in [6.45, 7) is 5.15. The molecule has 0 aliphatic carbocycles. The molecule has 11 N–H and O–H groups in total. The van der Waals surface area contributed by atoms with Crippen LogP contribution in [0.25, 0.3) is 0 Å². The maximum absolute atomic E-state index is 13.1. The molecule has 0 saturated carbocycles. The third-order valence-electron chi connectivity index (χ3n) is 9.43. The van der Waals surface area contributed by atoms with E-state index in [1.54, 1.807) is 6.92 Å². The summed E-state index contributed by atoms with van der Waals surface area (Å²) in [5, 5.41) is 36.6. The number of nitrogens with one attached hydrogen (secondary N) is 4. The highest BCUT2D eigenvalue weighted by Crippen LogP contribution is 2.38. The third kappa shape index (κ3) is 15.1. The van der Waals surface area contributed by atoms with Crippen molar-refractivity contribution in [2.75, 3.05) is 16.0 Å². The molecule has 0 radical (unpaired) electrons. The SMILES string of the molecule is CC(O)C(=O)Nc1sccc1C(=O)NS(=O)(=O)c1ccc(F)cc1C(F)(F)F.C[C@@H](O)C(=O)Nc1scc(S(=O)(=O)c2ccc(F)cc2)c1C(N)=O.Cc1ncccc1S(=O)(=O)c1cc(C(N)=O)c(NC(=O)C(C)O)s1. The number of nitrogens with two attached hydrogens (primary N) is 2. The van der Waals surface area contributed by atoms with Crippen molar-refractivity contribution in [3.05, 3.63) is 123 Å². The zero-order chi connectivity index (χ0) is 57.4. The maximum atomic E-state index is 13.1. The molecule has 0 fully saturated rings. The Morgan fingerprint density at radius 2 is 1.18 bits per heavy atom. The largest absolute Gasteiger partial charge is 0.417 e. The van der Waals surface area contributed by atoms with E-state index in [2.05, 4.69) is 20.9 Å². The zero-order valence-electron chi connectivity index (χ0n) is 39.0. The van der Waals surface area contributed by atoms with Gasteiger partial charge < -0.3 is 42.7 Å². The summed E-state index contributed by atoms with van der Waals surface area (Å²) in [4.78, 5) is 72.1. The standard InChI is InChI=1S/C15H12F4N2O5S2.C14H13FN2O5S2.C14H15N3O5S2/c1-7(22)12(23)20-14-9(4-5-27-14)13(24)21-28(25,26)11-3-2-8(16)6-10(11)15(17,18)19;1-7(18)13(20)17-14-11(12(16)19)10(6-23-14)24(21,22)9-4-2-8(15)3-5-9;1-7-10(4-3-5-16-7)24(21,22)11-6-9(12(15)19)14(23-11)17-13(20)8(2)18/h2-7,22H,1H3,(H,20,23)(H,21,24);2-7,18H,1H3,(H2,16,19)(H,17,20);3-6,8,18H,1-2H3,(H2,15,19)(H,17,20)/t;7-;/m.1./s1. The van der Waals surface area contributed by atoms with Gasteiger partial charge in [0, 0.05) is 11.6 Å². The van der Waals surface area contributed by atoms with Gasteiger partial charge in [-0.1, -0.05) is 0 Å². The van der Waals surface area contributed by atoms with Gasteiger partial charge in [0.2, 0.25) is 19.7 Å². The number of anilines is 3. The van der Waals surface area contributed by atoms with Crippen molar-refractivity contribution in [2.45, 2.75) is 76.0 Å². The number of aromatic nitrogens is 1. The van der Waals surface area contributed by atoms with Gasteiger partial charge in [0.25, 0.3) is 45.5 Å². The van der Waals surface area contributed by atoms with Gasteiger partial charge in [-0.05, 0) is 99.8 Å². The van der Waals surface area contributed by atoms with E-state index in [-0.39, 0.29) is 46.2 Å². The van der Waals surface area contributed by atoms with Crippen LogP contribution in [0.3, 0.4) is 0 Å². The van der Waals surface area contributed by atoms with Crippen LogP contribution >= 0.6 is 34.0 Å². The van der Waals surface area contributed by atoms with Crippen LogP contribution in [0.15, 0.2) is 107 Å². The van der Waals surface area contributed by atoms with Crippen molar-refractivity contribution >= 4 is 114 Å². The number of aliphatic hydroxyl groups excluding tert-OH is 3. The van der Waals surface area contributed by atoms with Gasteiger partial charge in [-0.25, -0.2) is 38.8 Å². The summed E-state index contributed by atoms with van der Waals surface area (Å²) in [6.07, 6.45) is -7.83. The third-order valence-corrected chi connectivity index (χ3v) is 17.9. The van der Waals surface area contributed by atoms with Crippen LogP contribution in [0.1, 0.15) is 63.1 Å². The number of hydrogen-bond acceptors (Lipinski definition) is 19. The summed E-state index contributed by atoms with van der Waals surface area (Å²) < 4.78 is 142. The van der Waals surface area contributed by atoms with Crippen LogP contribution in [0.4, 0.5) is 37.0 Å². The van der Waals surface area contributed by atoms with Crippen LogP contribution in [0.5, 0.6) is 0 Å². The first kappa shape index (κ1) is 61.4. The van der Waals surface area contributed by atoms with Gasteiger partial charge >= 0.3 is 6.18 Å². The first-order valence-corrected chi connectivity index (χ1v) is 27.6. The number of aliphatic hydroxyl groups is 3. The van der Waals surface area contributed by atoms with Gasteiger partial charge in [-0.2, -0.15) is 13.2 Å². The quantitative estimate of drug-likeness (QED) is 0.0514. The molecule has 0 saturated heterocycles. The average Bonchev–Trinajstić information content (AvgIpc) is 4.09. The van der Waals surface area contributed by atoms with Gasteiger partial charge in [0.1, 0.15) is 49.2 Å². The molecule has 2 aromatic carbocycles. The first-order valence-electron chi connectivity index (χ1n) is 20.6. The number of rotatable bonds is 15. The Labute approximate surface area is 439 Å². The Kier molecular flexibility index (Phi) is 20.0. The second kappa shape index (κ2) is 24.7. The molecule has 6 amide bonds. The first-order chi connectivity index (χ1) is 35.1. The van der Waals surface area contributed by atoms with E-state index in [1.807, 2.05) is 0 Å². The molecule has 408 valence electrons. The number of halogens is 5. The van der Waals surface area contributed by atoms with E-state index in [4.69, 9.17) is 11.5 Å². The van der Waals surface area contributed by atoms with E-state index in [9.17, 15) is 91.3 Å². The highest BCUT2D eigenvalue weighted by atomic mass is 32.2. The van der Waals surface area contributed by atoms with Crippen LogP contribution in [-0.2, 0) is 50.3 Å². The Morgan fingerprint density at radius 3 is 1.70 bits per heavy atom. The van der Waals surface area contributed by atoms with E-state index in [1.165, 1.54) is 42.3 Å². The molecule has 4 aromatic heterocycles. The average molecular weight is 1180 g/mol. The minimum atomic E-state index is -5.19. The van der Waals surface area contributed by atoms with Crippen molar-refractivity contribution in [1.82, 2.24) is 9.71 Å². The number of sulfone groups is 2. The number of carbonyl (C=O) groups excluding carboxylic acids is 6. The highest BCUT2D eigenvalue weighted by Gasteiger charge is 2.39. The maximum Gasteiger partial charge on any atom is 0.417 e. The topological polar surface area (TPSA) is 379 Å². The molecule has 0 aliphatic heterocycles. The normalized spacial score (nSPS) is 12.8. The number of primary amides is 2.